The normalized spacial score (nSPS) is 19.0. The molecular weight excluding hydrogens is 252 g/mol. The van der Waals surface area contributed by atoms with Gasteiger partial charge in [-0.2, -0.15) is 0 Å². The minimum atomic E-state index is 0.155. The fraction of sp³-hybridized carbons (Fsp3) is 1.00. The fourth-order valence-electron chi connectivity index (χ4n) is 2.29. The van der Waals surface area contributed by atoms with Gasteiger partial charge in [-0.05, 0) is 33.7 Å². The first-order valence-electron chi connectivity index (χ1n) is 5.83. The topological polar surface area (TPSA) is 29.3 Å². The van der Waals surface area contributed by atoms with Gasteiger partial charge in [-0.15, -0.1) is 0 Å². The first kappa shape index (κ1) is 15.4. The number of halogens is 1. The van der Waals surface area contributed by atoms with Crippen molar-refractivity contribution >= 4 is 15.9 Å². The quantitative estimate of drug-likeness (QED) is 0.758. The Morgan fingerprint density at radius 1 is 1.33 bits per heavy atom. The molecule has 0 aromatic rings. The molecule has 0 aliphatic rings. The highest BCUT2D eigenvalue weighted by Crippen LogP contribution is 2.22. The van der Waals surface area contributed by atoms with Gasteiger partial charge in [-0.3, -0.25) is 0 Å². The van der Waals surface area contributed by atoms with E-state index in [9.17, 15) is 0 Å². The highest BCUT2D eigenvalue weighted by Gasteiger charge is 2.27. The van der Waals surface area contributed by atoms with Crippen LogP contribution in [0.25, 0.3) is 0 Å². The first-order valence-corrected chi connectivity index (χ1v) is 6.63. The van der Waals surface area contributed by atoms with Gasteiger partial charge in [0.25, 0.3) is 0 Å². The van der Waals surface area contributed by atoms with Gasteiger partial charge in [0.2, 0.25) is 0 Å². The number of nitrogens with two attached hydrogens (primary N) is 1. The summed E-state index contributed by atoms with van der Waals surface area (Å²) in [7, 11) is 2.17. The summed E-state index contributed by atoms with van der Waals surface area (Å²) in [6.07, 6.45) is 1.18. The van der Waals surface area contributed by atoms with E-state index < -0.39 is 0 Å². The molecule has 0 fully saturated rings. The zero-order valence-corrected chi connectivity index (χ0v) is 12.6. The van der Waals surface area contributed by atoms with Crippen LogP contribution in [0.1, 0.15) is 41.0 Å². The standard InChI is InChI=1S/C12H27BrN2/c1-7-9(2)11(10(3)14)15(6)8-12(4,5)13/h9-11H,7-8,14H2,1-6H3. The maximum Gasteiger partial charge on any atom is 0.0328 e. The summed E-state index contributed by atoms with van der Waals surface area (Å²) in [6, 6.07) is 0.687. The van der Waals surface area contributed by atoms with Crippen LogP contribution in [0.4, 0.5) is 0 Å². The Labute approximate surface area is 104 Å². The van der Waals surface area contributed by atoms with Gasteiger partial charge in [0, 0.05) is 23.0 Å². The number of hydrogen-bond donors (Lipinski definition) is 1. The summed E-state index contributed by atoms with van der Waals surface area (Å²) in [4.78, 5) is 2.38. The lowest BCUT2D eigenvalue weighted by atomic mass is 9.92. The summed E-state index contributed by atoms with van der Waals surface area (Å²) in [5.74, 6) is 0.643. The maximum absolute atomic E-state index is 6.08. The molecule has 15 heavy (non-hydrogen) atoms. The average Bonchev–Trinajstić information content (AvgIpc) is 1.99. The summed E-state index contributed by atoms with van der Waals surface area (Å²) in [5.41, 5.74) is 6.08. The van der Waals surface area contributed by atoms with Crippen LogP contribution in [0.2, 0.25) is 0 Å². The van der Waals surface area contributed by atoms with E-state index in [0.717, 1.165) is 6.54 Å². The SMILES string of the molecule is CCC(C)C(C(C)N)N(C)CC(C)(C)Br. The van der Waals surface area contributed by atoms with Gasteiger partial charge in [0.15, 0.2) is 0 Å². The van der Waals surface area contributed by atoms with Gasteiger partial charge in [-0.25, -0.2) is 0 Å². The van der Waals surface area contributed by atoms with Crippen molar-refractivity contribution in [1.29, 1.82) is 0 Å². The van der Waals surface area contributed by atoms with Crippen LogP contribution in [-0.4, -0.2) is 34.9 Å². The van der Waals surface area contributed by atoms with Gasteiger partial charge in [-0.1, -0.05) is 36.2 Å². The van der Waals surface area contributed by atoms with Crippen molar-refractivity contribution in [2.45, 2.75) is 57.4 Å². The summed E-state index contributed by atoms with van der Waals surface area (Å²) >= 11 is 3.69. The van der Waals surface area contributed by atoms with Gasteiger partial charge in [0.1, 0.15) is 0 Å². The van der Waals surface area contributed by atoms with Gasteiger partial charge in [0.05, 0.1) is 0 Å². The molecule has 0 amide bonds. The zero-order chi connectivity index (χ0) is 12.2. The molecule has 0 aromatic carbocycles. The second-order valence-corrected chi connectivity index (χ2v) is 7.52. The Hall–Kier alpha value is 0.400. The lowest BCUT2D eigenvalue weighted by Gasteiger charge is -2.38. The van der Waals surface area contributed by atoms with Crippen LogP contribution in [-0.2, 0) is 0 Å². The molecule has 0 aliphatic heterocycles. The van der Waals surface area contributed by atoms with Crippen LogP contribution in [0.3, 0.4) is 0 Å². The van der Waals surface area contributed by atoms with E-state index in [-0.39, 0.29) is 10.4 Å². The molecule has 0 aromatic heterocycles. The summed E-state index contributed by atoms with van der Waals surface area (Å²) in [6.45, 7) is 12.0. The number of rotatable bonds is 6. The summed E-state index contributed by atoms with van der Waals surface area (Å²) in [5, 5.41) is 0. The molecule has 0 heterocycles. The molecule has 2 N–H and O–H groups in total. The minimum absolute atomic E-state index is 0.155. The van der Waals surface area contributed by atoms with Crippen molar-refractivity contribution in [2.24, 2.45) is 11.7 Å². The predicted octanol–water partition coefficient (Wildman–Crippen LogP) is 2.85. The van der Waals surface area contributed by atoms with Gasteiger partial charge < -0.3 is 10.6 Å². The molecule has 3 unspecified atom stereocenters. The van der Waals surface area contributed by atoms with E-state index in [1.54, 1.807) is 0 Å². The van der Waals surface area contributed by atoms with E-state index in [4.69, 9.17) is 5.73 Å². The minimum Gasteiger partial charge on any atom is -0.327 e. The molecule has 3 atom stereocenters. The zero-order valence-electron chi connectivity index (χ0n) is 11.0. The van der Waals surface area contributed by atoms with E-state index in [1.807, 2.05) is 0 Å². The lowest BCUT2D eigenvalue weighted by molar-refractivity contribution is 0.149. The van der Waals surface area contributed by atoms with Crippen LogP contribution in [0, 0.1) is 5.92 Å². The molecule has 0 radical (unpaired) electrons. The third-order valence-electron chi connectivity index (χ3n) is 2.90. The monoisotopic (exact) mass is 278 g/mol. The highest BCUT2D eigenvalue weighted by molar-refractivity contribution is 9.10. The third kappa shape index (κ3) is 5.88. The second kappa shape index (κ2) is 6.21. The van der Waals surface area contributed by atoms with Crippen molar-refractivity contribution < 1.29 is 0 Å². The van der Waals surface area contributed by atoms with Crippen molar-refractivity contribution in [3.8, 4) is 0 Å². The highest BCUT2D eigenvalue weighted by atomic mass is 79.9. The summed E-state index contributed by atoms with van der Waals surface area (Å²) < 4.78 is 0.155. The van der Waals surface area contributed by atoms with Crippen molar-refractivity contribution in [3.63, 3.8) is 0 Å². The molecule has 0 saturated heterocycles. The first-order chi connectivity index (χ1) is 6.69. The largest absolute Gasteiger partial charge is 0.327 e. The second-order valence-electron chi connectivity index (χ2n) is 5.37. The molecule has 2 nitrogen and oxygen atoms in total. The molecule has 92 valence electrons. The van der Waals surface area contributed by atoms with E-state index in [1.165, 1.54) is 6.42 Å². The molecule has 0 saturated carbocycles. The number of likely N-dealkylation sites (N-methyl/N-ethyl adjacent to an activating group) is 1. The van der Waals surface area contributed by atoms with Crippen LogP contribution in [0.5, 0.6) is 0 Å². The molecule has 0 bridgehead atoms. The maximum atomic E-state index is 6.08. The van der Waals surface area contributed by atoms with Crippen LogP contribution in [0.15, 0.2) is 0 Å². The Kier molecular flexibility index (Phi) is 6.38. The van der Waals surface area contributed by atoms with Gasteiger partial charge >= 0.3 is 0 Å². The van der Waals surface area contributed by atoms with Crippen LogP contribution < -0.4 is 5.73 Å². The Morgan fingerprint density at radius 2 is 1.80 bits per heavy atom. The van der Waals surface area contributed by atoms with E-state index >= 15 is 0 Å². The molecule has 0 aliphatic carbocycles. The molecule has 0 rings (SSSR count). The number of alkyl halides is 1. The van der Waals surface area contributed by atoms with Crippen molar-refractivity contribution in [3.05, 3.63) is 0 Å². The lowest BCUT2D eigenvalue weighted by Crippen LogP contribution is -2.51. The number of hydrogen-bond acceptors (Lipinski definition) is 2. The van der Waals surface area contributed by atoms with Crippen molar-refractivity contribution in [2.75, 3.05) is 13.6 Å². The fourth-order valence-corrected chi connectivity index (χ4v) is 2.69. The smallest absolute Gasteiger partial charge is 0.0328 e. The number of nitrogens with zero attached hydrogens (tertiary/aromatic N) is 1. The third-order valence-corrected chi connectivity index (χ3v) is 3.15. The van der Waals surface area contributed by atoms with E-state index in [2.05, 4.69) is 62.5 Å². The Morgan fingerprint density at radius 3 is 2.07 bits per heavy atom. The molecule has 0 spiro atoms. The average molecular weight is 279 g/mol. The van der Waals surface area contributed by atoms with Crippen LogP contribution >= 0.6 is 15.9 Å². The van der Waals surface area contributed by atoms with Crippen molar-refractivity contribution in [1.82, 2.24) is 4.90 Å². The predicted molar refractivity (Wildman–Crippen MR) is 72.5 cm³/mol. The molecular formula is C12H27BrN2. The molecule has 3 heteroatoms. The Balaban J connectivity index is 4.49. The Bertz CT molecular complexity index is 175. The van der Waals surface area contributed by atoms with E-state index in [0.29, 0.717) is 12.0 Å².